The van der Waals surface area contributed by atoms with Crippen LogP contribution in [0.3, 0.4) is 0 Å². The Kier molecular flexibility index (Phi) is 6.20. The van der Waals surface area contributed by atoms with Gasteiger partial charge >= 0.3 is 13.1 Å². The van der Waals surface area contributed by atoms with Crippen molar-refractivity contribution >= 4 is 24.3 Å². The second kappa shape index (κ2) is 8.47. The van der Waals surface area contributed by atoms with Gasteiger partial charge in [-0.3, -0.25) is 0 Å². The number of carbonyl (C=O) groups is 1. The van der Waals surface area contributed by atoms with E-state index in [0.717, 1.165) is 22.5 Å². The van der Waals surface area contributed by atoms with Crippen molar-refractivity contribution in [1.29, 1.82) is 0 Å². The molecule has 154 valence electrons. The molecule has 2 amide bonds. The maximum Gasteiger partial charge on any atom is 0.494 e. The first-order chi connectivity index (χ1) is 13.7. The van der Waals surface area contributed by atoms with Crippen LogP contribution in [0, 0.1) is 6.92 Å². The van der Waals surface area contributed by atoms with Crippen LogP contribution >= 0.6 is 0 Å². The van der Waals surface area contributed by atoms with Crippen molar-refractivity contribution in [2.45, 2.75) is 45.8 Å². The smallest absolute Gasteiger partial charge is 0.492 e. The summed E-state index contributed by atoms with van der Waals surface area (Å²) in [7, 11) is -0.388. The summed E-state index contributed by atoms with van der Waals surface area (Å²) in [5.41, 5.74) is 2.03. The van der Waals surface area contributed by atoms with E-state index in [0.29, 0.717) is 13.2 Å². The molecule has 2 aromatic rings. The van der Waals surface area contributed by atoms with E-state index in [1.807, 2.05) is 83.1 Å². The zero-order valence-electron chi connectivity index (χ0n) is 17.7. The number of ether oxygens (including phenoxy) is 1. The first-order valence-electron chi connectivity index (χ1n) is 9.87. The highest BCUT2D eigenvalue weighted by Crippen LogP contribution is 2.36. The molecule has 0 unspecified atom stereocenters. The van der Waals surface area contributed by atoms with Crippen molar-refractivity contribution in [1.82, 2.24) is 5.32 Å². The lowest BCUT2D eigenvalue weighted by Crippen LogP contribution is -2.41. The molecule has 1 saturated heterocycles. The summed E-state index contributed by atoms with van der Waals surface area (Å²) >= 11 is 0. The van der Waals surface area contributed by atoms with Crippen molar-refractivity contribution in [3.63, 3.8) is 0 Å². The van der Waals surface area contributed by atoms with E-state index < -0.39 is 0 Å². The highest BCUT2D eigenvalue weighted by molar-refractivity contribution is 6.62. The zero-order valence-corrected chi connectivity index (χ0v) is 17.7. The Bertz CT molecular complexity index is 836. The molecular weight excluding hydrogens is 367 g/mol. The number of benzene rings is 2. The Balaban J connectivity index is 1.43. The van der Waals surface area contributed by atoms with Crippen LogP contribution in [0.2, 0.25) is 0 Å². The third-order valence-corrected chi connectivity index (χ3v) is 5.46. The van der Waals surface area contributed by atoms with E-state index in [-0.39, 0.29) is 24.4 Å². The molecule has 0 saturated carbocycles. The van der Waals surface area contributed by atoms with Gasteiger partial charge in [0.25, 0.3) is 0 Å². The highest BCUT2D eigenvalue weighted by Gasteiger charge is 2.51. The summed E-state index contributed by atoms with van der Waals surface area (Å²) in [4.78, 5) is 12.0. The molecule has 0 atom stereocenters. The van der Waals surface area contributed by atoms with Gasteiger partial charge in [-0.1, -0.05) is 30.3 Å². The topological polar surface area (TPSA) is 68.8 Å². The van der Waals surface area contributed by atoms with Crippen LogP contribution in [0.5, 0.6) is 5.75 Å². The summed E-state index contributed by atoms with van der Waals surface area (Å²) in [6.45, 7) is 10.9. The van der Waals surface area contributed by atoms with Crippen LogP contribution in [0.25, 0.3) is 0 Å². The van der Waals surface area contributed by atoms with Crippen molar-refractivity contribution in [2.75, 3.05) is 18.5 Å². The number of anilines is 1. The van der Waals surface area contributed by atoms with Gasteiger partial charge in [0.1, 0.15) is 12.4 Å². The molecule has 1 aliphatic heterocycles. The Morgan fingerprint density at radius 1 is 1.00 bits per heavy atom. The van der Waals surface area contributed by atoms with E-state index in [1.54, 1.807) is 0 Å². The van der Waals surface area contributed by atoms with E-state index in [4.69, 9.17) is 14.0 Å². The number of rotatable bonds is 6. The van der Waals surface area contributed by atoms with Crippen molar-refractivity contribution in [2.24, 2.45) is 0 Å². The molecule has 1 fully saturated rings. The Labute approximate surface area is 173 Å². The Hall–Kier alpha value is -2.51. The minimum absolute atomic E-state index is 0.251. The Morgan fingerprint density at radius 2 is 1.62 bits per heavy atom. The maximum absolute atomic E-state index is 12.0. The normalized spacial score (nSPS) is 17.1. The largest absolute Gasteiger partial charge is 0.494 e. The molecule has 6 nitrogen and oxygen atoms in total. The molecule has 0 aromatic heterocycles. The molecule has 29 heavy (non-hydrogen) atoms. The van der Waals surface area contributed by atoms with E-state index in [9.17, 15) is 4.79 Å². The number of para-hydroxylation sites is 1. The van der Waals surface area contributed by atoms with E-state index in [1.165, 1.54) is 0 Å². The fraction of sp³-hybridized carbons (Fsp3) is 0.409. The van der Waals surface area contributed by atoms with E-state index >= 15 is 0 Å². The number of nitrogens with one attached hydrogen (secondary N) is 2. The fourth-order valence-corrected chi connectivity index (χ4v) is 2.91. The average molecular weight is 396 g/mol. The van der Waals surface area contributed by atoms with Gasteiger partial charge in [0.05, 0.1) is 17.7 Å². The first-order valence-corrected chi connectivity index (χ1v) is 9.87. The van der Waals surface area contributed by atoms with Crippen LogP contribution < -0.4 is 20.8 Å². The third-order valence-electron chi connectivity index (χ3n) is 5.46. The van der Waals surface area contributed by atoms with Crippen LogP contribution in [-0.2, 0) is 9.31 Å². The van der Waals surface area contributed by atoms with E-state index in [2.05, 4.69) is 10.6 Å². The minimum Gasteiger partial charge on any atom is -0.492 e. The Morgan fingerprint density at radius 3 is 2.24 bits per heavy atom. The van der Waals surface area contributed by atoms with Crippen LogP contribution in [0.1, 0.15) is 33.3 Å². The summed E-state index contributed by atoms with van der Waals surface area (Å²) < 4.78 is 17.8. The minimum atomic E-state index is -0.388. The molecular formula is C22H29BN2O4. The number of carbonyl (C=O) groups excluding carboxylic acids is 1. The summed E-state index contributed by atoms with van der Waals surface area (Å²) in [6.07, 6.45) is 0. The van der Waals surface area contributed by atoms with Gasteiger partial charge in [0.2, 0.25) is 0 Å². The lowest BCUT2D eigenvalue weighted by molar-refractivity contribution is 0.00578. The standard InChI is InChI=1S/C22H29BN2O4/c1-16-8-6-7-9-19(16)25-20(26)24-14-15-27-18-12-10-17(11-13-18)23-28-21(2,3)22(4,5)29-23/h6-13H,14-15H2,1-5H3,(H2,24,25,26). The molecule has 1 heterocycles. The van der Waals surface area contributed by atoms with Gasteiger partial charge in [0.15, 0.2) is 0 Å². The number of hydrogen-bond acceptors (Lipinski definition) is 4. The number of hydrogen-bond donors (Lipinski definition) is 2. The predicted octanol–water partition coefficient (Wildman–Crippen LogP) is 3.49. The lowest BCUT2D eigenvalue weighted by atomic mass is 9.79. The monoisotopic (exact) mass is 396 g/mol. The molecule has 0 radical (unpaired) electrons. The van der Waals surface area contributed by atoms with Crippen LogP contribution in [0.15, 0.2) is 48.5 Å². The zero-order chi connectivity index (χ0) is 21.1. The molecule has 3 rings (SSSR count). The SMILES string of the molecule is Cc1ccccc1NC(=O)NCCOc1ccc(B2OC(C)(C)C(C)(C)O2)cc1. The van der Waals surface area contributed by atoms with Crippen LogP contribution in [0.4, 0.5) is 10.5 Å². The summed E-state index contributed by atoms with van der Waals surface area (Å²) in [5, 5.41) is 5.62. The molecule has 0 spiro atoms. The van der Waals surface area contributed by atoms with Gasteiger partial charge in [-0.05, 0) is 63.8 Å². The van der Waals surface area contributed by atoms with Gasteiger partial charge in [-0.15, -0.1) is 0 Å². The van der Waals surface area contributed by atoms with Gasteiger partial charge in [-0.25, -0.2) is 4.79 Å². The van der Waals surface area contributed by atoms with Crippen molar-refractivity contribution in [3.8, 4) is 5.75 Å². The van der Waals surface area contributed by atoms with Crippen molar-refractivity contribution < 1.29 is 18.8 Å². The molecule has 0 aliphatic carbocycles. The van der Waals surface area contributed by atoms with Gasteiger partial charge in [-0.2, -0.15) is 0 Å². The van der Waals surface area contributed by atoms with Crippen LogP contribution in [-0.4, -0.2) is 37.5 Å². The fourth-order valence-electron chi connectivity index (χ4n) is 2.91. The number of amides is 2. The second-order valence-electron chi connectivity index (χ2n) is 8.20. The number of aryl methyl sites for hydroxylation is 1. The lowest BCUT2D eigenvalue weighted by Gasteiger charge is -2.32. The molecule has 2 aromatic carbocycles. The quantitative estimate of drug-likeness (QED) is 0.580. The molecule has 2 N–H and O–H groups in total. The average Bonchev–Trinajstić information content (AvgIpc) is 2.89. The third kappa shape index (κ3) is 5.11. The maximum atomic E-state index is 12.0. The molecule has 7 heteroatoms. The van der Waals surface area contributed by atoms with Gasteiger partial charge in [0, 0.05) is 5.69 Å². The highest BCUT2D eigenvalue weighted by atomic mass is 16.7. The second-order valence-corrected chi connectivity index (χ2v) is 8.20. The number of urea groups is 1. The molecule has 1 aliphatic rings. The summed E-state index contributed by atoms with van der Waals surface area (Å²) in [6, 6.07) is 15.0. The van der Waals surface area contributed by atoms with Crippen molar-refractivity contribution in [3.05, 3.63) is 54.1 Å². The predicted molar refractivity (Wildman–Crippen MR) is 116 cm³/mol. The van der Waals surface area contributed by atoms with Gasteiger partial charge < -0.3 is 24.7 Å². The summed E-state index contributed by atoms with van der Waals surface area (Å²) in [5.74, 6) is 0.728. The molecule has 0 bridgehead atoms. The first kappa shape index (κ1) is 21.2.